The number of amides is 1. The van der Waals surface area contributed by atoms with Crippen LogP contribution in [0.2, 0.25) is 5.02 Å². The Balaban J connectivity index is 1.89. The van der Waals surface area contributed by atoms with Gasteiger partial charge < -0.3 is 14.8 Å². The second-order valence-corrected chi connectivity index (χ2v) is 4.87. The summed E-state index contributed by atoms with van der Waals surface area (Å²) in [7, 11) is 0. The third-order valence-electron chi connectivity index (χ3n) is 3.13. The quantitative estimate of drug-likeness (QED) is 0.796. The van der Waals surface area contributed by atoms with Crippen molar-refractivity contribution in [1.82, 2.24) is 4.90 Å². The highest BCUT2D eigenvalue weighted by Gasteiger charge is 2.29. The Bertz CT molecular complexity index is 458. The van der Waals surface area contributed by atoms with Gasteiger partial charge in [-0.2, -0.15) is 0 Å². The van der Waals surface area contributed by atoms with Gasteiger partial charge in [0.1, 0.15) is 0 Å². The molecule has 5 heteroatoms. The average Bonchev–Trinajstić information content (AvgIpc) is 2.70. The number of halogens is 1. The normalized spacial score (nSPS) is 19.3. The van der Waals surface area contributed by atoms with Gasteiger partial charge in [-0.1, -0.05) is 23.7 Å². The lowest BCUT2D eigenvalue weighted by molar-refractivity contribution is -0.311. The third-order valence-corrected chi connectivity index (χ3v) is 3.38. The lowest BCUT2D eigenvalue weighted by atomic mass is 10.1. The minimum atomic E-state index is -1.14. The molecule has 4 nitrogen and oxygen atoms in total. The summed E-state index contributed by atoms with van der Waals surface area (Å²) in [4.78, 5) is 23.9. The Morgan fingerprint density at radius 2 is 2.06 bits per heavy atom. The first-order valence-electron chi connectivity index (χ1n) is 5.79. The van der Waals surface area contributed by atoms with E-state index >= 15 is 0 Å². The number of benzene rings is 1. The van der Waals surface area contributed by atoms with Crippen LogP contribution in [0.5, 0.6) is 0 Å². The Kier molecular flexibility index (Phi) is 3.87. The van der Waals surface area contributed by atoms with Gasteiger partial charge in [-0.25, -0.2) is 0 Å². The molecule has 1 aliphatic rings. The van der Waals surface area contributed by atoms with Gasteiger partial charge in [0, 0.05) is 36.4 Å². The third kappa shape index (κ3) is 3.01. The van der Waals surface area contributed by atoms with Gasteiger partial charge in [-0.05, 0) is 24.1 Å². The standard InChI is InChI=1S/C13H14ClNO3/c14-11-3-1-9(2-4-11)5-6-15-8-10(13(17)18)7-12(15)16/h1-4,10H,5-8H2,(H,17,18)/p-1. The maximum atomic E-state index is 11.6. The zero-order chi connectivity index (χ0) is 13.1. The summed E-state index contributed by atoms with van der Waals surface area (Å²) in [5, 5.41) is 11.4. The number of hydrogen-bond acceptors (Lipinski definition) is 3. The number of carboxylic acid groups (broad SMARTS) is 1. The highest BCUT2D eigenvalue weighted by molar-refractivity contribution is 6.30. The van der Waals surface area contributed by atoms with Crippen LogP contribution in [0.25, 0.3) is 0 Å². The number of aliphatic carboxylic acids is 1. The van der Waals surface area contributed by atoms with E-state index in [1.165, 1.54) is 0 Å². The summed E-state index contributed by atoms with van der Waals surface area (Å²) in [5.74, 6) is -1.92. The van der Waals surface area contributed by atoms with Crippen LogP contribution in [0, 0.1) is 5.92 Å². The van der Waals surface area contributed by atoms with Crippen LogP contribution in [-0.2, 0) is 16.0 Å². The molecule has 18 heavy (non-hydrogen) atoms. The molecule has 1 saturated heterocycles. The number of rotatable bonds is 4. The fourth-order valence-electron chi connectivity index (χ4n) is 2.06. The molecule has 1 fully saturated rings. The zero-order valence-corrected chi connectivity index (χ0v) is 10.5. The van der Waals surface area contributed by atoms with Gasteiger partial charge in [0.05, 0.1) is 0 Å². The van der Waals surface area contributed by atoms with Crippen molar-refractivity contribution in [3.05, 3.63) is 34.9 Å². The topological polar surface area (TPSA) is 60.4 Å². The van der Waals surface area contributed by atoms with Crippen LogP contribution in [0.3, 0.4) is 0 Å². The van der Waals surface area contributed by atoms with Gasteiger partial charge >= 0.3 is 0 Å². The summed E-state index contributed by atoms with van der Waals surface area (Å²) >= 11 is 5.78. The van der Waals surface area contributed by atoms with Crippen molar-refractivity contribution in [1.29, 1.82) is 0 Å². The lowest BCUT2D eigenvalue weighted by Crippen LogP contribution is -2.34. The molecule has 2 rings (SSSR count). The number of carboxylic acids is 1. The SMILES string of the molecule is O=C([O-])C1CC(=O)N(CCc2ccc(Cl)cc2)C1. The van der Waals surface area contributed by atoms with E-state index in [1.807, 2.05) is 12.1 Å². The van der Waals surface area contributed by atoms with Crippen molar-refractivity contribution >= 4 is 23.5 Å². The first-order valence-corrected chi connectivity index (χ1v) is 6.17. The zero-order valence-electron chi connectivity index (χ0n) is 9.77. The maximum absolute atomic E-state index is 11.6. The molecule has 0 aliphatic carbocycles. The van der Waals surface area contributed by atoms with E-state index < -0.39 is 11.9 Å². The molecule has 1 aromatic rings. The lowest BCUT2D eigenvalue weighted by Gasteiger charge is -2.16. The number of carbonyl (C=O) groups excluding carboxylic acids is 2. The van der Waals surface area contributed by atoms with Crippen LogP contribution in [0.15, 0.2) is 24.3 Å². The van der Waals surface area contributed by atoms with Gasteiger partial charge in [0.2, 0.25) is 5.91 Å². The molecule has 1 aromatic carbocycles. The second-order valence-electron chi connectivity index (χ2n) is 4.44. The molecule has 1 atom stereocenters. The Labute approximate surface area is 110 Å². The number of hydrogen-bond donors (Lipinski definition) is 0. The number of likely N-dealkylation sites (tertiary alicyclic amines) is 1. The van der Waals surface area contributed by atoms with E-state index in [0.29, 0.717) is 18.0 Å². The van der Waals surface area contributed by atoms with Gasteiger partial charge in [-0.15, -0.1) is 0 Å². The van der Waals surface area contributed by atoms with E-state index in [-0.39, 0.29) is 18.9 Å². The minimum absolute atomic E-state index is 0.0585. The number of carbonyl (C=O) groups is 2. The van der Waals surface area contributed by atoms with E-state index in [1.54, 1.807) is 17.0 Å². The van der Waals surface area contributed by atoms with Crippen LogP contribution in [-0.4, -0.2) is 29.9 Å². The van der Waals surface area contributed by atoms with Crippen LogP contribution in [0.1, 0.15) is 12.0 Å². The first kappa shape index (κ1) is 12.9. The highest BCUT2D eigenvalue weighted by Crippen LogP contribution is 2.18. The molecular weight excluding hydrogens is 254 g/mol. The second kappa shape index (κ2) is 5.40. The summed E-state index contributed by atoms with van der Waals surface area (Å²) in [6.07, 6.45) is 0.756. The monoisotopic (exact) mass is 266 g/mol. The Morgan fingerprint density at radius 3 is 2.61 bits per heavy atom. The van der Waals surface area contributed by atoms with Crippen molar-refractivity contribution in [2.75, 3.05) is 13.1 Å². The molecule has 96 valence electrons. The minimum Gasteiger partial charge on any atom is -0.550 e. The fourth-order valence-corrected chi connectivity index (χ4v) is 2.19. The average molecular weight is 267 g/mol. The molecule has 0 aromatic heterocycles. The summed E-state index contributed by atoms with van der Waals surface area (Å²) < 4.78 is 0. The van der Waals surface area contributed by atoms with E-state index in [0.717, 1.165) is 5.56 Å². The van der Waals surface area contributed by atoms with Crippen LogP contribution in [0.4, 0.5) is 0 Å². The maximum Gasteiger partial charge on any atom is 0.223 e. The molecule has 1 heterocycles. The van der Waals surface area contributed by atoms with Gasteiger partial charge in [0.15, 0.2) is 0 Å². The molecule has 1 unspecified atom stereocenters. The Morgan fingerprint density at radius 1 is 1.39 bits per heavy atom. The molecule has 1 amide bonds. The molecular formula is C13H13ClNO3-. The van der Waals surface area contributed by atoms with Crippen LogP contribution >= 0.6 is 11.6 Å². The molecule has 1 aliphatic heterocycles. The van der Waals surface area contributed by atoms with Crippen molar-refractivity contribution in [3.63, 3.8) is 0 Å². The van der Waals surface area contributed by atoms with Crippen molar-refractivity contribution in [2.24, 2.45) is 5.92 Å². The molecule has 0 radical (unpaired) electrons. The largest absolute Gasteiger partial charge is 0.550 e. The Hall–Kier alpha value is -1.55. The predicted molar refractivity (Wildman–Crippen MR) is 64.9 cm³/mol. The summed E-state index contributed by atoms with van der Waals surface area (Å²) in [6, 6.07) is 7.40. The molecule has 0 spiro atoms. The van der Waals surface area contributed by atoms with Crippen molar-refractivity contribution < 1.29 is 14.7 Å². The van der Waals surface area contributed by atoms with Crippen molar-refractivity contribution in [3.8, 4) is 0 Å². The fraction of sp³-hybridized carbons (Fsp3) is 0.385. The predicted octanol–water partition coefficient (Wildman–Crippen LogP) is 0.481. The van der Waals surface area contributed by atoms with Gasteiger partial charge in [-0.3, -0.25) is 4.79 Å². The summed E-state index contributed by atoms with van der Waals surface area (Å²) in [6.45, 7) is 0.791. The molecule has 0 N–H and O–H groups in total. The van der Waals surface area contributed by atoms with E-state index in [2.05, 4.69) is 0 Å². The van der Waals surface area contributed by atoms with E-state index in [9.17, 15) is 14.7 Å². The smallest absolute Gasteiger partial charge is 0.223 e. The highest BCUT2D eigenvalue weighted by atomic mass is 35.5. The molecule has 0 saturated carbocycles. The van der Waals surface area contributed by atoms with Crippen LogP contribution < -0.4 is 5.11 Å². The number of nitrogens with zero attached hydrogens (tertiary/aromatic N) is 1. The summed E-state index contributed by atoms with van der Waals surface area (Å²) in [5.41, 5.74) is 1.07. The van der Waals surface area contributed by atoms with E-state index in [4.69, 9.17) is 11.6 Å². The molecule has 0 bridgehead atoms. The van der Waals surface area contributed by atoms with Gasteiger partial charge in [0.25, 0.3) is 0 Å². The first-order chi connectivity index (χ1) is 8.56. The van der Waals surface area contributed by atoms with Crippen molar-refractivity contribution in [2.45, 2.75) is 12.8 Å².